The predicted octanol–water partition coefficient (Wildman–Crippen LogP) is 15.0. The Morgan fingerprint density at radius 3 is 1.74 bits per heavy atom. The monoisotopic (exact) mass is 728 g/mol. The first-order chi connectivity index (χ1) is 28.0. The number of benzene rings is 9. The normalized spacial score (nSPS) is 13.2. The molecule has 1 aliphatic rings. The highest BCUT2D eigenvalue weighted by Gasteiger charge is 2.36. The van der Waals surface area contributed by atoms with E-state index in [2.05, 4.69) is 230 Å². The van der Waals surface area contributed by atoms with Crippen LogP contribution in [0.15, 0.2) is 194 Å². The van der Waals surface area contributed by atoms with Crippen LogP contribution in [0.1, 0.15) is 36.1 Å². The van der Waals surface area contributed by atoms with E-state index in [1.165, 1.54) is 82.8 Å². The average molecular weight is 729 g/mol. The number of anilines is 3. The number of aromatic nitrogens is 1. The molecule has 0 bridgehead atoms. The van der Waals surface area contributed by atoms with Gasteiger partial charge in [-0.1, -0.05) is 153 Å². The molecule has 11 rings (SSSR count). The fraction of sp³-hybridized carbons (Fsp3) is 0.0545. The minimum Gasteiger partial charge on any atom is -0.311 e. The third-order valence-corrected chi connectivity index (χ3v) is 12.1. The number of fused-ring (bicyclic) bond motifs is 3. The zero-order chi connectivity index (χ0) is 38.1. The first kappa shape index (κ1) is 33.2. The van der Waals surface area contributed by atoms with Gasteiger partial charge in [-0.3, -0.25) is 0 Å². The molecule has 1 aromatic heterocycles. The summed E-state index contributed by atoms with van der Waals surface area (Å²) in [5.41, 5.74) is 17.3. The zero-order valence-corrected chi connectivity index (χ0v) is 32.0. The smallest absolute Gasteiger partial charge is 0.0547 e. The van der Waals surface area contributed by atoms with Crippen LogP contribution in [0.25, 0.3) is 72.7 Å². The Morgan fingerprint density at radius 2 is 1.02 bits per heavy atom. The zero-order valence-electron chi connectivity index (χ0n) is 32.0. The molecule has 0 N–H and O–H groups in total. The lowest BCUT2D eigenvalue weighted by atomic mass is 9.81. The van der Waals surface area contributed by atoms with E-state index in [1.54, 1.807) is 0 Å². The lowest BCUT2D eigenvalue weighted by Gasteiger charge is -2.25. The van der Waals surface area contributed by atoms with Gasteiger partial charge in [-0.25, -0.2) is 0 Å². The van der Waals surface area contributed by atoms with Gasteiger partial charge in [0, 0.05) is 38.9 Å². The molecule has 1 aliphatic carbocycles. The lowest BCUT2D eigenvalue weighted by molar-refractivity contribution is 0.660. The molecule has 9 aromatic carbocycles. The average Bonchev–Trinajstić information content (AvgIpc) is 3.72. The van der Waals surface area contributed by atoms with Gasteiger partial charge in [-0.05, 0) is 122 Å². The van der Waals surface area contributed by atoms with E-state index in [4.69, 9.17) is 0 Å². The number of hydrogen-bond donors (Lipinski definition) is 0. The van der Waals surface area contributed by atoms with E-state index in [0.29, 0.717) is 0 Å². The lowest BCUT2D eigenvalue weighted by Crippen LogP contribution is -2.15. The van der Waals surface area contributed by atoms with Gasteiger partial charge < -0.3 is 9.47 Å². The second-order valence-electron chi connectivity index (χ2n) is 15.8. The second kappa shape index (κ2) is 13.0. The van der Waals surface area contributed by atoms with Gasteiger partial charge in [0.2, 0.25) is 0 Å². The SMILES string of the molecule is CC1(C)c2cc(/C=C/c3ccc(N(c4ccccc4)c4ccccc4)cc3)ccc2-c2ccc(-c3ccc4c5c3ccc3cccc(c35)n4-c3ccccc3)cc21. The maximum Gasteiger partial charge on any atom is 0.0547 e. The Morgan fingerprint density at radius 1 is 0.439 bits per heavy atom. The summed E-state index contributed by atoms with van der Waals surface area (Å²) in [6.07, 6.45) is 4.47. The van der Waals surface area contributed by atoms with Crippen molar-refractivity contribution in [2.75, 3.05) is 4.90 Å². The van der Waals surface area contributed by atoms with Crippen molar-refractivity contribution < 1.29 is 0 Å². The van der Waals surface area contributed by atoms with E-state index >= 15 is 0 Å². The largest absolute Gasteiger partial charge is 0.311 e. The summed E-state index contributed by atoms with van der Waals surface area (Å²) in [6, 6.07) is 70.8. The van der Waals surface area contributed by atoms with E-state index in [-0.39, 0.29) is 5.41 Å². The van der Waals surface area contributed by atoms with Gasteiger partial charge in [-0.2, -0.15) is 0 Å². The van der Waals surface area contributed by atoms with E-state index < -0.39 is 0 Å². The Bertz CT molecular complexity index is 3080. The van der Waals surface area contributed by atoms with Crippen molar-refractivity contribution >= 4 is 61.8 Å². The summed E-state index contributed by atoms with van der Waals surface area (Å²) in [6.45, 7) is 4.76. The summed E-state index contributed by atoms with van der Waals surface area (Å²) in [4.78, 5) is 2.30. The highest BCUT2D eigenvalue weighted by Crippen LogP contribution is 2.51. The summed E-state index contributed by atoms with van der Waals surface area (Å²) < 4.78 is 2.42. The Hall–Kier alpha value is -7.16. The standard InChI is InChI=1S/C55H40N2/c1-55(2)49-35-38(22-21-37-23-28-44(29-24-37)56(41-14-6-3-7-15-41)42-16-8-4-9-17-42)25-30-46(49)47-31-27-40(36-50(47)55)45-33-34-52-54-48(45)32-26-39-13-12-20-51(53(39)54)57(52)43-18-10-5-11-19-43/h3-36H,1-2H3/b22-21+. The van der Waals surface area contributed by atoms with Crippen LogP contribution in [0.2, 0.25) is 0 Å². The molecule has 0 radical (unpaired) electrons. The molecule has 0 atom stereocenters. The van der Waals surface area contributed by atoms with E-state index in [9.17, 15) is 0 Å². The number of nitrogens with zero attached hydrogens (tertiary/aromatic N) is 2. The molecule has 0 saturated heterocycles. The van der Waals surface area contributed by atoms with E-state index in [0.717, 1.165) is 17.1 Å². The molecule has 0 unspecified atom stereocenters. The molecule has 0 fully saturated rings. The van der Waals surface area contributed by atoms with Crippen LogP contribution in [-0.4, -0.2) is 4.57 Å². The van der Waals surface area contributed by atoms with Crippen molar-refractivity contribution in [3.05, 3.63) is 216 Å². The van der Waals surface area contributed by atoms with Crippen molar-refractivity contribution in [3.63, 3.8) is 0 Å². The third kappa shape index (κ3) is 5.33. The maximum atomic E-state index is 2.46. The summed E-state index contributed by atoms with van der Waals surface area (Å²) in [7, 11) is 0. The Kier molecular flexibility index (Phi) is 7.55. The highest BCUT2D eigenvalue weighted by molar-refractivity contribution is 6.26. The fourth-order valence-electron chi connectivity index (χ4n) is 9.35. The molecule has 0 amide bonds. The van der Waals surface area contributed by atoms with Crippen molar-refractivity contribution in [2.24, 2.45) is 0 Å². The fourth-order valence-corrected chi connectivity index (χ4v) is 9.35. The summed E-state index contributed by atoms with van der Waals surface area (Å²) in [5.74, 6) is 0. The molecular weight excluding hydrogens is 689 g/mol. The third-order valence-electron chi connectivity index (χ3n) is 12.1. The van der Waals surface area contributed by atoms with Gasteiger partial charge in [0.25, 0.3) is 0 Å². The topological polar surface area (TPSA) is 8.17 Å². The minimum atomic E-state index is -0.141. The van der Waals surface area contributed by atoms with Gasteiger partial charge in [-0.15, -0.1) is 0 Å². The van der Waals surface area contributed by atoms with Gasteiger partial charge in [0.15, 0.2) is 0 Å². The number of rotatable bonds is 7. The minimum absolute atomic E-state index is 0.141. The van der Waals surface area contributed by atoms with Crippen LogP contribution in [0.5, 0.6) is 0 Å². The van der Waals surface area contributed by atoms with Crippen molar-refractivity contribution in [3.8, 4) is 27.9 Å². The Labute approximate surface area is 333 Å². The molecule has 0 spiro atoms. The first-order valence-electron chi connectivity index (χ1n) is 19.8. The molecular formula is C55H40N2. The van der Waals surface area contributed by atoms with Crippen LogP contribution in [0.4, 0.5) is 17.1 Å². The van der Waals surface area contributed by atoms with Crippen molar-refractivity contribution in [1.82, 2.24) is 4.57 Å². The molecule has 270 valence electrons. The summed E-state index contributed by atoms with van der Waals surface area (Å²) >= 11 is 0. The molecule has 10 aromatic rings. The van der Waals surface area contributed by atoms with Crippen LogP contribution < -0.4 is 4.90 Å². The number of para-hydroxylation sites is 3. The van der Waals surface area contributed by atoms with E-state index in [1.807, 2.05) is 0 Å². The molecule has 0 saturated carbocycles. The summed E-state index contributed by atoms with van der Waals surface area (Å²) in [5, 5.41) is 5.25. The van der Waals surface area contributed by atoms with Gasteiger partial charge >= 0.3 is 0 Å². The van der Waals surface area contributed by atoms with Crippen molar-refractivity contribution in [1.29, 1.82) is 0 Å². The first-order valence-corrected chi connectivity index (χ1v) is 19.8. The van der Waals surface area contributed by atoms with Crippen LogP contribution in [-0.2, 0) is 5.41 Å². The Balaban J connectivity index is 0.915. The van der Waals surface area contributed by atoms with Crippen LogP contribution in [0, 0.1) is 0 Å². The molecule has 0 aliphatic heterocycles. The predicted molar refractivity (Wildman–Crippen MR) is 243 cm³/mol. The van der Waals surface area contributed by atoms with Gasteiger partial charge in [0.05, 0.1) is 11.0 Å². The molecule has 2 heteroatoms. The number of hydrogen-bond acceptors (Lipinski definition) is 1. The van der Waals surface area contributed by atoms with Gasteiger partial charge in [0.1, 0.15) is 0 Å². The van der Waals surface area contributed by atoms with Crippen molar-refractivity contribution in [2.45, 2.75) is 19.3 Å². The molecule has 1 heterocycles. The molecule has 57 heavy (non-hydrogen) atoms. The quantitative estimate of drug-likeness (QED) is 0.117. The van der Waals surface area contributed by atoms with Crippen LogP contribution >= 0.6 is 0 Å². The maximum absolute atomic E-state index is 2.46. The van der Waals surface area contributed by atoms with Crippen LogP contribution in [0.3, 0.4) is 0 Å². The second-order valence-corrected chi connectivity index (χ2v) is 15.8. The highest BCUT2D eigenvalue weighted by atomic mass is 15.1. The molecule has 2 nitrogen and oxygen atoms in total.